The molecule has 0 fully saturated rings. The highest BCUT2D eigenvalue weighted by atomic mass is 127. The van der Waals surface area contributed by atoms with Gasteiger partial charge in [-0.15, -0.1) is 12.6 Å². The van der Waals surface area contributed by atoms with Crippen LogP contribution in [0.5, 0.6) is 0 Å². The number of hydrogen-bond donors (Lipinski definition) is 2. The third kappa shape index (κ3) is 1.37. The highest BCUT2D eigenvalue weighted by Crippen LogP contribution is 2.24. The van der Waals surface area contributed by atoms with Crippen molar-refractivity contribution in [2.24, 2.45) is 0 Å². The first-order valence-corrected chi connectivity index (χ1v) is 4.08. The van der Waals surface area contributed by atoms with Gasteiger partial charge in [0.15, 0.2) is 0 Å². The first-order valence-electron chi connectivity index (χ1n) is 2.55. The van der Waals surface area contributed by atoms with Crippen molar-refractivity contribution < 1.29 is 4.39 Å². The van der Waals surface area contributed by atoms with Gasteiger partial charge in [-0.1, -0.05) is 0 Å². The molecule has 0 bridgehead atoms. The van der Waals surface area contributed by atoms with Crippen LogP contribution < -0.4 is 5.73 Å². The van der Waals surface area contributed by atoms with E-state index in [1.54, 1.807) is 0 Å². The van der Waals surface area contributed by atoms with Gasteiger partial charge in [0.25, 0.3) is 0 Å². The average Bonchev–Trinajstić information content (AvgIpc) is 1.93. The van der Waals surface area contributed by atoms with Gasteiger partial charge in [0, 0.05) is 4.90 Å². The van der Waals surface area contributed by atoms with E-state index in [2.05, 4.69) is 12.6 Å². The molecule has 0 heterocycles. The Labute approximate surface area is 77.4 Å². The van der Waals surface area contributed by atoms with E-state index in [9.17, 15) is 4.39 Å². The first kappa shape index (κ1) is 8.13. The summed E-state index contributed by atoms with van der Waals surface area (Å²) >= 11 is 5.86. The molecular formula is C6H5FINS. The van der Waals surface area contributed by atoms with Crippen LogP contribution in [0.4, 0.5) is 10.1 Å². The number of halogens is 2. The number of nitrogens with two attached hydrogens (primary N) is 1. The van der Waals surface area contributed by atoms with Gasteiger partial charge in [0.05, 0.1) is 9.26 Å². The Morgan fingerprint density at radius 2 is 2.10 bits per heavy atom. The molecule has 0 saturated carbocycles. The summed E-state index contributed by atoms with van der Waals surface area (Å²) in [6, 6.07) is 2.89. The van der Waals surface area contributed by atoms with Crippen LogP contribution in [0, 0.1) is 9.39 Å². The molecule has 0 saturated heterocycles. The number of benzene rings is 1. The van der Waals surface area contributed by atoms with E-state index in [-0.39, 0.29) is 5.82 Å². The summed E-state index contributed by atoms with van der Waals surface area (Å²) < 4.78 is 13.1. The fraction of sp³-hybridized carbons (Fsp3) is 0. The fourth-order valence-electron chi connectivity index (χ4n) is 0.556. The van der Waals surface area contributed by atoms with Crippen LogP contribution in [0.15, 0.2) is 17.0 Å². The zero-order valence-corrected chi connectivity index (χ0v) is 7.99. The van der Waals surface area contributed by atoms with Crippen LogP contribution >= 0.6 is 35.2 Å². The standard InChI is InChI=1S/C6H5FINS/c7-3-1-2-4(10)6(9)5(3)8/h1-2,10H,9H2. The van der Waals surface area contributed by atoms with Gasteiger partial charge in [-0.2, -0.15) is 0 Å². The molecule has 10 heavy (non-hydrogen) atoms. The van der Waals surface area contributed by atoms with Crippen molar-refractivity contribution >= 4 is 40.9 Å². The Balaban J connectivity index is 3.34. The van der Waals surface area contributed by atoms with Gasteiger partial charge < -0.3 is 5.73 Å². The quantitative estimate of drug-likeness (QED) is 0.422. The number of rotatable bonds is 0. The topological polar surface area (TPSA) is 26.0 Å². The predicted molar refractivity (Wildman–Crippen MR) is 50.8 cm³/mol. The van der Waals surface area contributed by atoms with Crippen molar-refractivity contribution in [2.45, 2.75) is 4.90 Å². The van der Waals surface area contributed by atoms with Crippen molar-refractivity contribution in [1.29, 1.82) is 0 Å². The Hall–Kier alpha value is 0.0300. The van der Waals surface area contributed by atoms with Crippen LogP contribution in [-0.4, -0.2) is 0 Å². The third-order valence-electron chi connectivity index (χ3n) is 1.11. The summed E-state index contributed by atoms with van der Waals surface area (Å²) in [5.74, 6) is -0.295. The largest absolute Gasteiger partial charge is 0.397 e. The Morgan fingerprint density at radius 1 is 1.50 bits per heavy atom. The average molecular weight is 269 g/mol. The molecule has 1 aromatic rings. The predicted octanol–water partition coefficient (Wildman–Crippen LogP) is 2.30. The van der Waals surface area contributed by atoms with Gasteiger partial charge in [-0.3, -0.25) is 0 Å². The molecule has 0 atom stereocenters. The summed E-state index contributed by atoms with van der Waals surface area (Å²) in [7, 11) is 0. The maximum absolute atomic E-state index is 12.6. The Bertz CT molecular complexity index is 237. The molecule has 0 amide bonds. The van der Waals surface area contributed by atoms with E-state index in [1.165, 1.54) is 12.1 Å². The van der Waals surface area contributed by atoms with Crippen LogP contribution in [0.1, 0.15) is 0 Å². The molecule has 4 heteroatoms. The summed E-state index contributed by atoms with van der Waals surface area (Å²) in [5.41, 5.74) is 5.87. The molecule has 0 aliphatic rings. The maximum atomic E-state index is 12.6. The number of thiol groups is 1. The smallest absolute Gasteiger partial charge is 0.138 e. The second-order valence-electron chi connectivity index (χ2n) is 1.79. The van der Waals surface area contributed by atoms with Crippen molar-refractivity contribution in [2.75, 3.05) is 5.73 Å². The molecule has 0 spiro atoms. The zero-order chi connectivity index (χ0) is 7.72. The van der Waals surface area contributed by atoms with Gasteiger partial charge in [-0.05, 0) is 34.7 Å². The molecule has 54 valence electrons. The number of anilines is 1. The number of nitrogen functional groups attached to an aromatic ring is 1. The fourth-order valence-corrected chi connectivity index (χ4v) is 1.43. The lowest BCUT2D eigenvalue weighted by atomic mass is 10.3. The van der Waals surface area contributed by atoms with Crippen molar-refractivity contribution in [3.05, 3.63) is 21.5 Å². The van der Waals surface area contributed by atoms with E-state index in [0.717, 1.165) is 0 Å². The van der Waals surface area contributed by atoms with E-state index < -0.39 is 0 Å². The normalized spacial score (nSPS) is 9.90. The second-order valence-corrected chi connectivity index (χ2v) is 3.35. The minimum absolute atomic E-state index is 0.295. The minimum Gasteiger partial charge on any atom is -0.397 e. The highest BCUT2D eigenvalue weighted by molar-refractivity contribution is 14.1. The lowest BCUT2D eigenvalue weighted by Crippen LogP contribution is -1.93. The zero-order valence-electron chi connectivity index (χ0n) is 4.94. The van der Waals surface area contributed by atoms with Crippen molar-refractivity contribution in [1.82, 2.24) is 0 Å². The molecular weight excluding hydrogens is 264 g/mol. The van der Waals surface area contributed by atoms with Crippen molar-refractivity contribution in [3.8, 4) is 0 Å². The van der Waals surface area contributed by atoms with Crippen molar-refractivity contribution in [3.63, 3.8) is 0 Å². The Kier molecular flexibility index (Phi) is 2.40. The monoisotopic (exact) mass is 269 g/mol. The molecule has 0 aliphatic carbocycles. The summed E-state index contributed by atoms with van der Waals surface area (Å²) in [5, 5.41) is 0. The van der Waals surface area contributed by atoms with Crippen LogP contribution in [-0.2, 0) is 0 Å². The Morgan fingerprint density at radius 3 is 2.60 bits per heavy atom. The van der Waals surface area contributed by atoms with Gasteiger partial charge >= 0.3 is 0 Å². The van der Waals surface area contributed by atoms with E-state index in [0.29, 0.717) is 14.2 Å². The number of hydrogen-bond acceptors (Lipinski definition) is 2. The summed E-state index contributed by atoms with van der Waals surface area (Å²) in [6.07, 6.45) is 0. The van der Waals surface area contributed by atoms with E-state index in [1.807, 2.05) is 22.6 Å². The third-order valence-corrected chi connectivity index (χ3v) is 2.60. The summed E-state index contributed by atoms with van der Waals surface area (Å²) in [4.78, 5) is 0.616. The van der Waals surface area contributed by atoms with Gasteiger partial charge in [-0.25, -0.2) is 4.39 Å². The lowest BCUT2D eigenvalue weighted by molar-refractivity contribution is 0.620. The molecule has 1 rings (SSSR count). The lowest BCUT2D eigenvalue weighted by Gasteiger charge is -2.01. The van der Waals surface area contributed by atoms with Crippen LogP contribution in [0.2, 0.25) is 0 Å². The molecule has 0 aliphatic heterocycles. The van der Waals surface area contributed by atoms with E-state index in [4.69, 9.17) is 5.73 Å². The van der Waals surface area contributed by atoms with E-state index >= 15 is 0 Å². The maximum Gasteiger partial charge on any atom is 0.138 e. The molecule has 1 nitrogen and oxygen atoms in total. The molecule has 0 aromatic heterocycles. The van der Waals surface area contributed by atoms with Gasteiger partial charge in [0.1, 0.15) is 5.82 Å². The molecule has 2 N–H and O–H groups in total. The van der Waals surface area contributed by atoms with Crippen LogP contribution in [0.25, 0.3) is 0 Å². The first-order chi connectivity index (χ1) is 4.63. The highest BCUT2D eigenvalue weighted by Gasteiger charge is 2.04. The SMILES string of the molecule is Nc1c(S)ccc(F)c1I. The minimum atomic E-state index is -0.295. The molecule has 0 unspecified atom stereocenters. The van der Waals surface area contributed by atoms with Crippen LogP contribution in [0.3, 0.4) is 0 Å². The summed E-state index contributed by atoms with van der Waals surface area (Å²) in [6.45, 7) is 0. The molecule has 0 radical (unpaired) electrons. The molecule has 1 aromatic carbocycles. The van der Waals surface area contributed by atoms with Gasteiger partial charge in [0.2, 0.25) is 0 Å². The second kappa shape index (κ2) is 2.96.